The molecular weight excluding hydrogens is 170 g/mol. The minimum Gasteiger partial charge on any atom is -0.388 e. The average molecular weight is 184 g/mol. The zero-order valence-electron chi connectivity index (χ0n) is 7.52. The van der Waals surface area contributed by atoms with Gasteiger partial charge in [0.05, 0.1) is 0 Å². The van der Waals surface area contributed by atoms with Gasteiger partial charge >= 0.3 is 0 Å². The number of rotatable bonds is 3. The van der Waals surface area contributed by atoms with Gasteiger partial charge in [-0.05, 0) is 30.2 Å². The van der Waals surface area contributed by atoms with E-state index < -0.39 is 0 Å². The van der Waals surface area contributed by atoms with Crippen LogP contribution in [0, 0.1) is 0 Å². The molecule has 1 nitrogen and oxygen atoms in total. The summed E-state index contributed by atoms with van der Waals surface area (Å²) in [6.07, 6.45) is 2.23. The molecule has 0 saturated carbocycles. The number of hydrogen-bond donors (Lipinski definition) is 1. The topological polar surface area (TPSA) is 12.0 Å². The molecule has 0 radical (unpaired) electrons. The Kier molecular flexibility index (Phi) is 3.42. The second kappa shape index (κ2) is 4.36. The standard InChI is InChI=1S/C10H14ClN/c1-3-4-8-7-9(11)5-6-10(8)12-2/h5-7,12H,3-4H2,1-2H3. The molecule has 0 bridgehead atoms. The zero-order valence-corrected chi connectivity index (χ0v) is 8.28. The van der Waals surface area contributed by atoms with Crippen molar-refractivity contribution in [3.63, 3.8) is 0 Å². The third-order valence-electron chi connectivity index (χ3n) is 1.86. The third-order valence-corrected chi connectivity index (χ3v) is 2.09. The van der Waals surface area contributed by atoms with Crippen molar-refractivity contribution in [2.24, 2.45) is 0 Å². The summed E-state index contributed by atoms with van der Waals surface area (Å²) in [6, 6.07) is 5.96. The second-order valence-corrected chi connectivity index (χ2v) is 3.24. The molecule has 1 N–H and O–H groups in total. The van der Waals surface area contributed by atoms with Crippen LogP contribution in [0.4, 0.5) is 5.69 Å². The Hall–Kier alpha value is -0.690. The molecule has 0 aliphatic carbocycles. The van der Waals surface area contributed by atoms with Crippen molar-refractivity contribution < 1.29 is 0 Å². The summed E-state index contributed by atoms with van der Waals surface area (Å²) in [5, 5.41) is 3.97. The van der Waals surface area contributed by atoms with Crippen molar-refractivity contribution >= 4 is 17.3 Å². The number of hydrogen-bond acceptors (Lipinski definition) is 1. The van der Waals surface area contributed by atoms with Gasteiger partial charge in [-0.25, -0.2) is 0 Å². The van der Waals surface area contributed by atoms with Gasteiger partial charge in [0.2, 0.25) is 0 Å². The molecule has 0 atom stereocenters. The molecule has 0 unspecified atom stereocenters. The van der Waals surface area contributed by atoms with Crippen LogP contribution in [0.3, 0.4) is 0 Å². The Bertz CT molecular complexity index is 258. The van der Waals surface area contributed by atoms with Gasteiger partial charge in [0.25, 0.3) is 0 Å². The summed E-state index contributed by atoms with van der Waals surface area (Å²) < 4.78 is 0. The van der Waals surface area contributed by atoms with Crippen molar-refractivity contribution in [2.45, 2.75) is 19.8 Å². The molecule has 1 rings (SSSR count). The lowest BCUT2D eigenvalue weighted by atomic mass is 10.1. The predicted octanol–water partition coefficient (Wildman–Crippen LogP) is 3.33. The van der Waals surface area contributed by atoms with E-state index in [0.29, 0.717) is 0 Å². The van der Waals surface area contributed by atoms with Crippen LogP contribution < -0.4 is 5.32 Å². The van der Waals surface area contributed by atoms with Gasteiger partial charge in [0.15, 0.2) is 0 Å². The van der Waals surface area contributed by atoms with E-state index in [4.69, 9.17) is 11.6 Å². The van der Waals surface area contributed by atoms with E-state index >= 15 is 0 Å². The van der Waals surface area contributed by atoms with Crippen molar-refractivity contribution in [1.82, 2.24) is 0 Å². The summed E-state index contributed by atoms with van der Waals surface area (Å²) in [4.78, 5) is 0. The highest BCUT2D eigenvalue weighted by molar-refractivity contribution is 6.30. The highest BCUT2D eigenvalue weighted by atomic mass is 35.5. The first-order valence-electron chi connectivity index (χ1n) is 4.24. The first-order chi connectivity index (χ1) is 5.77. The van der Waals surface area contributed by atoms with Gasteiger partial charge in [-0.15, -0.1) is 0 Å². The molecular formula is C10H14ClN. The van der Waals surface area contributed by atoms with Gasteiger partial charge < -0.3 is 5.32 Å². The summed E-state index contributed by atoms with van der Waals surface area (Å²) in [5.74, 6) is 0. The van der Waals surface area contributed by atoms with Gasteiger partial charge in [0, 0.05) is 17.8 Å². The summed E-state index contributed by atoms with van der Waals surface area (Å²) >= 11 is 5.88. The predicted molar refractivity (Wildman–Crippen MR) is 55.0 cm³/mol. The molecule has 0 saturated heterocycles. The second-order valence-electron chi connectivity index (χ2n) is 2.80. The number of halogens is 1. The number of aryl methyl sites for hydroxylation is 1. The molecule has 1 aromatic carbocycles. The Labute approximate surface area is 78.7 Å². The smallest absolute Gasteiger partial charge is 0.0410 e. The normalized spacial score (nSPS) is 9.92. The highest BCUT2D eigenvalue weighted by Crippen LogP contribution is 2.21. The molecule has 0 fully saturated rings. The average Bonchev–Trinajstić information content (AvgIpc) is 2.05. The van der Waals surface area contributed by atoms with Crippen LogP contribution in [-0.4, -0.2) is 7.05 Å². The molecule has 0 aromatic heterocycles. The maximum atomic E-state index is 5.88. The van der Waals surface area contributed by atoms with E-state index in [1.165, 1.54) is 11.3 Å². The first-order valence-corrected chi connectivity index (χ1v) is 4.62. The summed E-state index contributed by atoms with van der Waals surface area (Å²) in [6.45, 7) is 2.17. The molecule has 2 heteroatoms. The Balaban J connectivity index is 2.95. The third kappa shape index (κ3) is 2.15. The lowest BCUT2D eigenvalue weighted by molar-refractivity contribution is 0.923. The van der Waals surface area contributed by atoms with Crippen molar-refractivity contribution in [2.75, 3.05) is 12.4 Å². The lowest BCUT2D eigenvalue weighted by Crippen LogP contribution is -1.94. The maximum Gasteiger partial charge on any atom is 0.0410 e. The number of anilines is 1. The van der Waals surface area contributed by atoms with Crippen LogP contribution in [0.2, 0.25) is 5.02 Å². The van der Waals surface area contributed by atoms with Crippen LogP contribution in [0.1, 0.15) is 18.9 Å². The number of nitrogens with one attached hydrogen (secondary N) is 1. The van der Waals surface area contributed by atoms with Crippen molar-refractivity contribution in [3.8, 4) is 0 Å². The Morgan fingerprint density at radius 2 is 2.17 bits per heavy atom. The fourth-order valence-corrected chi connectivity index (χ4v) is 1.48. The fraction of sp³-hybridized carbons (Fsp3) is 0.400. The molecule has 1 aromatic rings. The van der Waals surface area contributed by atoms with E-state index in [9.17, 15) is 0 Å². The van der Waals surface area contributed by atoms with E-state index in [2.05, 4.69) is 12.2 Å². The molecule has 0 heterocycles. The summed E-state index contributed by atoms with van der Waals surface area (Å²) in [5.41, 5.74) is 2.48. The van der Waals surface area contributed by atoms with Crippen LogP contribution >= 0.6 is 11.6 Å². The molecule has 66 valence electrons. The van der Waals surface area contributed by atoms with E-state index in [1.54, 1.807) is 0 Å². The molecule has 0 aliphatic rings. The van der Waals surface area contributed by atoms with Gasteiger partial charge in [-0.2, -0.15) is 0 Å². The van der Waals surface area contributed by atoms with Crippen LogP contribution in [0.25, 0.3) is 0 Å². The lowest BCUT2D eigenvalue weighted by Gasteiger charge is -2.07. The monoisotopic (exact) mass is 183 g/mol. The van der Waals surface area contributed by atoms with Crippen molar-refractivity contribution in [1.29, 1.82) is 0 Å². The van der Waals surface area contributed by atoms with E-state index in [1.807, 2.05) is 25.2 Å². The SMILES string of the molecule is CCCc1cc(Cl)ccc1NC. The minimum atomic E-state index is 0.817. The van der Waals surface area contributed by atoms with E-state index in [0.717, 1.165) is 17.9 Å². The Morgan fingerprint density at radius 1 is 1.42 bits per heavy atom. The van der Waals surface area contributed by atoms with Crippen LogP contribution in [0.15, 0.2) is 18.2 Å². The van der Waals surface area contributed by atoms with Crippen molar-refractivity contribution in [3.05, 3.63) is 28.8 Å². The maximum absolute atomic E-state index is 5.88. The minimum absolute atomic E-state index is 0.817. The highest BCUT2D eigenvalue weighted by Gasteiger charge is 1.99. The number of benzene rings is 1. The first kappa shape index (κ1) is 9.40. The molecule has 0 amide bonds. The Morgan fingerprint density at radius 3 is 2.75 bits per heavy atom. The van der Waals surface area contributed by atoms with E-state index in [-0.39, 0.29) is 0 Å². The fourth-order valence-electron chi connectivity index (χ4n) is 1.28. The van der Waals surface area contributed by atoms with Crippen LogP contribution in [-0.2, 0) is 6.42 Å². The molecule has 12 heavy (non-hydrogen) atoms. The van der Waals surface area contributed by atoms with Gasteiger partial charge in [0.1, 0.15) is 0 Å². The van der Waals surface area contributed by atoms with Gasteiger partial charge in [-0.1, -0.05) is 24.9 Å². The largest absolute Gasteiger partial charge is 0.388 e. The summed E-state index contributed by atoms with van der Waals surface area (Å²) in [7, 11) is 1.93. The van der Waals surface area contributed by atoms with Crippen LogP contribution in [0.5, 0.6) is 0 Å². The molecule has 0 aliphatic heterocycles. The zero-order chi connectivity index (χ0) is 8.97. The van der Waals surface area contributed by atoms with Gasteiger partial charge in [-0.3, -0.25) is 0 Å². The quantitative estimate of drug-likeness (QED) is 0.758. The molecule has 0 spiro atoms.